The minimum atomic E-state index is -0.563. The average molecular weight is 581 g/mol. The Morgan fingerprint density at radius 1 is 1.35 bits per heavy atom. The molecule has 0 aliphatic carbocycles. The molecule has 0 atom stereocenters. The van der Waals surface area contributed by atoms with Gasteiger partial charge in [0.05, 0.1) is 18.3 Å². The maximum absolute atomic E-state index is 11.8. The molecular formula is C16H13I2N3O5. The van der Waals surface area contributed by atoms with Crippen LogP contribution in [0.4, 0.5) is 5.69 Å². The van der Waals surface area contributed by atoms with E-state index in [1.165, 1.54) is 18.3 Å². The molecule has 26 heavy (non-hydrogen) atoms. The molecular weight excluding hydrogens is 568 g/mol. The Balaban J connectivity index is 1.95. The number of amides is 1. The molecule has 8 nitrogen and oxygen atoms in total. The lowest BCUT2D eigenvalue weighted by atomic mass is 10.2. The predicted octanol–water partition coefficient (Wildman–Crippen LogP) is 3.35. The third-order valence-corrected chi connectivity index (χ3v) is 4.76. The van der Waals surface area contributed by atoms with Crippen molar-refractivity contribution in [2.45, 2.75) is 6.92 Å². The summed E-state index contributed by atoms with van der Waals surface area (Å²) in [7, 11) is 0. The number of phenols is 1. The Bertz CT molecular complexity index is 863. The summed E-state index contributed by atoms with van der Waals surface area (Å²) in [6.45, 7) is 1.32. The second-order valence-electron chi connectivity index (χ2n) is 5.14. The van der Waals surface area contributed by atoms with Crippen molar-refractivity contribution >= 4 is 63.0 Å². The fourth-order valence-electron chi connectivity index (χ4n) is 1.91. The maximum atomic E-state index is 11.8. The van der Waals surface area contributed by atoms with Crippen molar-refractivity contribution in [3.63, 3.8) is 0 Å². The quantitative estimate of drug-likeness (QED) is 0.235. The molecule has 0 heterocycles. The number of nitro benzene ring substituents is 1. The molecule has 2 N–H and O–H groups in total. The summed E-state index contributed by atoms with van der Waals surface area (Å²) in [5.74, 6) is -0.345. The highest BCUT2D eigenvalue weighted by atomic mass is 127. The SMILES string of the molecule is Cc1ccc(OCC(=O)NN=Cc2cc(I)c(O)c(I)c2)c([N+](=O)[O-])c1. The van der Waals surface area contributed by atoms with Gasteiger partial charge in [-0.1, -0.05) is 6.07 Å². The summed E-state index contributed by atoms with van der Waals surface area (Å²) in [6, 6.07) is 7.90. The molecule has 10 heteroatoms. The number of hydrogen-bond acceptors (Lipinski definition) is 6. The van der Waals surface area contributed by atoms with Crippen LogP contribution in [0.1, 0.15) is 11.1 Å². The molecule has 0 radical (unpaired) electrons. The lowest BCUT2D eigenvalue weighted by Crippen LogP contribution is -2.24. The number of phenolic OH excluding ortho intramolecular Hbond substituents is 1. The second-order valence-corrected chi connectivity index (χ2v) is 7.47. The molecule has 0 unspecified atom stereocenters. The van der Waals surface area contributed by atoms with Gasteiger partial charge in [-0.05, 0) is 81.4 Å². The third kappa shape index (κ3) is 5.52. The van der Waals surface area contributed by atoms with Gasteiger partial charge in [-0.25, -0.2) is 5.43 Å². The van der Waals surface area contributed by atoms with Crippen LogP contribution in [0.3, 0.4) is 0 Å². The zero-order valence-corrected chi connectivity index (χ0v) is 17.7. The lowest BCUT2D eigenvalue weighted by Gasteiger charge is -2.06. The van der Waals surface area contributed by atoms with Crippen LogP contribution in [-0.2, 0) is 4.79 Å². The van der Waals surface area contributed by atoms with E-state index in [4.69, 9.17) is 4.74 Å². The van der Waals surface area contributed by atoms with E-state index in [1.54, 1.807) is 25.1 Å². The first-order chi connectivity index (χ1) is 12.3. The number of rotatable bonds is 6. The van der Waals surface area contributed by atoms with E-state index < -0.39 is 17.4 Å². The van der Waals surface area contributed by atoms with Crippen LogP contribution < -0.4 is 10.2 Å². The van der Waals surface area contributed by atoms with E-state index in [0.29, 0.717) is 12.7 Å². The number of aromatic hydroxyl groups is 1. The number of ether oxygens (including phenoxy) is 1. The fourth-order valence-corrected chi connectivity index (χ4v) is 3.72. The molecule has 2 aromatic carbocycles. The molecule has 0 aromatic heterocycles. The first kappa shape index (κ1) is 20.4. The minimum Gasteiger partial charge on any atom is -0.506 e. The van der Waals surface area contributed by atoms with Crippen molar-refractivity contribution in [3.05, 3.63) is 58.7 Å². The van der Waals surface area contributed by atoms with Crippen molar-refractivity contribution < 1.29 is 19.6 Å². The van der Waals surface area contributed by atoms with E-state index in [9.17, 15) is 20.0 Å². The highest BCUT2D eigenvalue weighted by Crippen LogP contribution is 2.28. The normalized spacial score (nSPS) is 10.7. The number of nitro groups is 1. The molecule has 2 aromatic rings. The Kier molecular flexibility index (Phi) is 7.14. The van der Waals surface area contributed by atoms with E-state index >= 15 is 0 Å². The van der Waals surface area contributed by atoms with Crippen molar-refractivity contribution in [3.8, 4) is 11.5 Å². The number of carbonyl (C=O) groups excluding carboxylic acids is 1. The van der Waals surface area contributed by atoms with Gasteiger partial charge in [0.2, 0.25) is 0 Å². The summed E-state index contributed by atoms with van der Waals surface area (Å²) in [6.07, 6.45) is 1.43. The topological polar surface area (TPSA) is 114 Å². The monoisotopic (exact) mass is 581 g/mol. The maximum Gasteiger partial charge on any atom is 0.311 e. The summed E-state index contributed by atoms with van der Waals surface area (Å²) in [5.41, 5.74) is 3.50. The van der Waals surface area contributed by atoms with Crippen molar-refractivity contribution in [1.29, 1.82) is 0 Å². The third-order valence-electron chi connectivity index (χ3n) is 3.11. The number of nitrogens with one attached hydrogen (secondary N) is 1. The molecule has 2 rings (SSSR count). The minimum absolute atomic E-state index is 0.0161. The van der Waals surface area contributed by atoms with Gasteiger partial charge < -0.3 is 9.84 Å². The lowest BCUT2D eigenvalue weighted by molar-refractivity contribution is -0.385. The number of halogens is 2. The second kappa shape index (κ2) is 9.12. The van der Waals surface area contributed by atoms with Gasteiger partial charge in [0.1, 0.15) is 5.75 Å². The number of carbonyl (C=O) groups is 1. The summed E-state index contributed by atoms with van der Waals surface area (Å²) < 4.78 is 6.54. The van der Waals surface area contributed by atoms with Crippen LogP contribution in [-0.4, -0.2) is 28.8 Å². The van der Waals surface area contributed by atoms with Crippen LogP contribution in [0.2, 0.25) is 0 Å². The predicted molar refractivity (Wildman–Crippen MR) is 113 cm³/mol. The van der Waals surface area contributed by atoms with Crippen molar-refractivity contribution in [2.24, 2.45) is 5.10 Å². The number of hydrogen-bond donors (Lipinski definition) is 2. The van der Waals surface area contributed by atoms with E-state index in [-0.39, 0.29) is 17.2 Å². The Labute approximate surface area is 176 Å². The van der Waals surface area contributed by atoms with Gasteiger partial charge >= 0.3 is 5.69 Å². The van der Waals surface area contributed by atoms with E-state index in [0.717, 1.165) is 5.56 Å². The van der Waals surface area contributed by atoms with Crippen molar-refractivity contribution in [1.82, 2.24) is 5.43 Å². The van der Waals surface area contributed by atoms with Crippen molar-refractivity contribution in [2.75, 3.05) is 6.61 Å². The van der Waals surface area contributed by atoms with Gasteiger partial charge in [-0.2, -0.15) is 5.10 Å². The first-order valence-electron chi connectivity index (χ1n) is 7.15. The molecule has 0 aliphatic heterocycles. The Morgan fingerprint density at radius 3 is 2.62 bits per heavy atom. The standard InChI is InChI=1S/C16H13I2N3O5/c1-9-2-3-14(13(4-9)21(24)25)26-8-15(22)20-19-7-10-5-11(17)16(23)12(18)6-10/h2-7,23H,8H2,1H3,(H,20,22). The molecule has 0 aliphatic rings. The highest BCUT2D eigenvalue weighted by Gasteiger charge is 2.16. The first-order valence-corrected chi connectivity index (χ1v) is 9.31. The van der Waals surface area contributed by atoms with Gasteiger partial charge in [0, 0.05) is 6.07 Å². The van der Waals surface area contributed by atoms with Gasteiger partial charge in [0.25, 0.3) is 5.91 Å². The fraction of sp³-hybridized carbons (Fsp3) is 0.125. The van der Waals surface area contributed by atoms with Crippen LogP contribution in [0.5, 0.6) is 11.5 Å². The molecule has 0 saturated carbocycles. The van der Waals surface area contributed by atoms with Gasteiger partial charge in [-0.15, -0.1) is 0 Å². The van der Waals surface area contributed by atoms with E-state index in [2.05, 4.69) is 10.5 Å². The van der Waals surface area contributed by atoms with Crippen LogP contribution in [0, 0.1) is 24.2 Å². The summed E-state index contributed by atoms with van der Waals surface area (Å²) in [4.78, 5) is 22.2. The zero-order valence-electron chi connectivity index (χ0n) is 13.4. The Morgan fingerprint density at radius 2 is 2.00 bits per heavy atom. The molecule has 0 saturated heterocycles. The molecule has 136 valence electrons. The average Bonchev–Trinajstić information content (AvgIpc) is 2.58. The molecule has 0 bridgehead atoms. The molecule has 1 amide bonds. The smallest absolute Gasteiger partial charge is 0.311 e. The van der Waals surface area contributed by atoms with Crippen LogP contribution >= 0.6 is 45.2 Å². The summed E-state index contributed by atoms with van der Waals surface area (Å²) in [5, 5.41) is 24.5. The summed E-state index contributed by atoms with van der Waals surface area (Å²) >= 11 is 3.98. The van der Waals surface area contributed by atoms with Crippen LogP contribution in [0.25, 0.3) is 0 Å². The molecule has 0 spiro atoms. The Hall–Kier alpha value is -1.96. The highest BCUT2D eigenvalue weighted by molar-refractivity contribution is 14.1. The van der Waals surface area contributed by atoms with E-state index in [1.807, 2.05) is 45.2 Å². The number of benzene rings is 2. The van der Waals surface area contributed by atoms with Gasteiger partial charge in [-0.3, -0.25) is 14.9 Å². The zero-order chi connectivity index (χ0) is 19.3. The number of nitrogens with zero attached hydrogens (tertiary/aromatic N) is 2. The number of aryl methyl sites for hydroxylation is 1. The molecule has 0 fully saturated rings. The van der Waals surface area contributed by atoms with Crippen LogP contribution in [0.15, 0.2) is 35.4 Å². The van der Waals surface area contributed by atoms with Gasteiger partial charge in [0.15, 0.2) is 12.4 Å². The number of hydrazone groups is 1. The largest absolute Gasteiger partial charge is 0.506 e.